The van der Waals surface area contributed by atoms with Crippen LogP contribution in [-0.2, 0) is 9.96 Å². The van der Waals surface area contributed by atoms with Gasteiger partial charge in [0, 0.05) is 7.11 Å². The third kappa shape index (κ3) is 2.75. The zero-order chi connectivity index (χ0) is 11.3. The van der Waals surface area contributed by atoms with E-state index in [2.05, 4.69) is 6.92 Å². The summed E-state index contributed by atoms with van der Waals surface area (Å²) >= 11 is 12.4. The molecule has 0 aromatic heterocycles. The van der Waals surface area contributed by atoms with Crippen LogP contribution in [0.15, 0.2) is 30.3 Å². The van der Waals surface area contributed by atoms with E-state index in [1.54, 1.807) is 7.11 Å². The number of hydrogen-bond acceptors (Lipinski definition) is 1. The maximum atomic E-state index is 6.19. The van der Waals surface area contributed by atoms with E-state index in [1.165, 1.54) is 0 Å². The van der Waals surface area contributed by atoms with Crippen molar-refractivity contribution in [2.45, 2.75) is 25.0 Å². The molecule has 15 heavy (non-hydrogen) atoms. The zero-order valence-corrected chi connectivity index (χ0v) is 11.7. The first-order chi connectivity index (χ1) is 7.17. The van der Waals surface area contributed by atoms with Crippen LogP contribution >= 0.6 is 22.2 Å². The van der Waals surface area contributed by atoms with Crippen LogP contribution in [0.25, 0.3) is 0 Å². The highest BCUT2D eigenvalue weighted by Gasteiger charge is 2.39. The molecule has 0 heterocycles. The van der Waals surface area contributed by atoms with Crippen molar-refractivity contribution in [2.75, 3.05) is 7.11 Å². The molecule has 4 heteroatoms. The molecule has 1 unspecified atom stereocenters. The molecule has 0 N–H and O–H groups in total. The summed E-state index contributed by atoms with van der Waals surface area (Å²) in [6.07, 6.45) is 1.88. The Morgan fingerprint density at radius 2 is 1.87 bits per heavy atom. The lowest BCUT2D eigenvalue weighted by atomic mass is 10.0. The van der Waals surface area contributed by atoms with Gasteiger partial charge in [0.1, 0.15) is 5.22 Å². The molecule has 1 nitrogen and oxygen atoms in total. The van der Waals surface area contributed by atoms with E-state index in [9.17, 15) is 0 Å². The second kappa shape index (κ2) is 5.90. The lowest BCUT2D eigenvalue weighted by Crippen LogP contribution is -2.38. The Hall–Kier alpha value is -0.0231. The summed E-state index contributed by atoms with van der Waals surface area (Å²) in [6, 6.07) is 10.0. The van der Waals surface area contributed by atoms with Crippen LogP contribution in [0.2, 0.25) is 0 Å². The van der Waals surface area contributed by atoms with Crippen LogP contribution in [0.3, 0.4) is 0 Å². The Morgan fingerprint density at radius 3 is 2.27 bits per heavy atom. The third-order valence-electron chi connectivity index (χ3n) is 2.60. The van der Waals surface area contributed by atoms with E-state index in [4.69, 9.17) is 26.9 Å². The van der Waals surface area contributed by atoms with Gasteiger partial charge in [0.05, 0.1) is 0 Å². The van der Waals surface area contributed by atoms with Crippen molar-refractivity contribution < 1.29 is 4.74 Å². The lowest BCUT2D eigenvalue weighted by Gasteiger charge is -2.33. The van der Waals surface area contributed by atoms with Crippen molar-refractivity contribution in [3.8, 4) is 0 Å². The molecule has 84 valence electrons. The van der Waals surface area contributed by atoms with Gasteiger partial charge < -0.3 is 4.74 Å². The maximum Gasteiger partial charge on any atom is 0.272 e. The second-order valence-electron chi connectivity index (χ2n) is 3.51. The average molecular weight is 263 g/mol. The molecule has 1 atom stereocenters. The molecule has 0 aliphatic heterocycles. The standard InChI is InChI=1S/C11H16Cl2OSi/c1-3-9-11(14-2,15(12)13)10-7-5-4-6-8-10/h4-8,15H,3,9H2,1-2H3. The monoisotopic (exact) mass is 262 g/mol. The van der Waals surface area contributed by atoms with E-state index in [0.29, 0.717) is 0 Å². The van der Waals surface area contributed by atoms with Gasteiger partial charge in [0.15, 0.2) is 0 Å². The van der Waals surface area contributed by atoms with Crippen molar-refractivity contribution in [3.05, 3.63) is 35.9 Å². The van der Waals surface area contributed by atoms with Crippen LogP contribution in [-0.4, -0.2) is 14.5 Å². The fraction of sp³-hybridized carbons (Fsp3) is 0.455. The number of methoxy groups -OCH3 is 1. The largest absolute Gasteiger partial charge is 0.374 e. The van der Waals surface area contributed by atoms with E-state index >= 15 is 0 Å². The number of ether oxygens (including phenoxy) is 1. The molecule has 0 saturated carbocycles. The van der Waals surface area contributed by atoms with Gasteiger partial charge in [-0.1, -0.05) is 43.7 Å². The summed E-state index contributed by atoms with van der Waals surface area (Å²) < 4.78 is 5.62. The average Bonchev–Trinajstić information content (AvgIpc) is 2.26. The normalized spacial score (nSPS) is 15.3. The molecule has 0 amide bonds. The summed E-state index contributed by atoms with van der Waals surface area (Å²) in [7, 11) is -0.255. The summed E-state index contributed by atoms with van der Waals surface area (Å²) in [5.74, 6) is 0. The molecular formula is C11H16Cl2OSi. The number of benzene rings is 1. The predicted molar refractivity (Wildman–Crippen MR) is 68.9 cm³/mol. The summed E-state index contributed by atoms with van der Waals surface area (Å²) in [5.41, 5.74) is 1.09. The summed E-state index contributed by atoms with van der Waals surface area (Å²) in [5, 5.41) is -0.445. The van der Waals surface area contributed by atoms with Crippen LogP contribution < -0.4 is 0 Å². The van der Waals surface area contributed by atoms with Gasteiger partial charge in [0.25, 0.3) is 7.42 Å². The predicted octanol–water partition coefficient (Wildman–Crippen LogP) is 3.57. The topological polar surface area (TPSA) is 9.23 Å². The van der Waals surface area contributed by atoms with Crippen molar-refractivity contribution >= 4 is 29.6 Å². The Balaban J connectivity index is 3.09. The van der Waals surface area contributed by atoms with Gasteiger partial charge in [0.2, 0.25) is 0 Å². The first-order valence-electron chi connectivity index (χ1n) is 5.06. The highest BCUT2D eigenvalue weighted by Crippen LogP contribution is 2.36. The molecule has 1 aromatic rings. The van der Waals surface area contributed by atoms with E-state index in [1.807, 2.05) is 30.3 Å². The second-order valence-corrected chi connectivity index (χ2v) is 8.33. The first kappa shape index (κ1) is 13.0. The van der Waals surface area contributed by atoms with Crippen molar-refractivity contribution in [2.24, 2.45) is 0 Å². The number of halogens is 2. The third-order valence-corrected chi connectivity index (χ3v) is 6.28. The van der Waals surface area contributed by atoms with E-state index in [0.717, 1.165) is 18.4 Å². The van der Waals surface area contributed by atoms with Gasteiger partial charge >= 0.3 is 0 Å². The molecular weight excluding hydrogens is 247 g/mol. The SMILES string of the molecule is CCCC(OC)(c1ccccc1)[SiH](Cl)Cl. The summed E-state index contributed by atoms with van der Waals surface area (Å²) in [4.78, 5) is 0. The molecule has 0 spiro atoms. The molecule has 1 aromatic carbocycles. The van der Waals surface area contributed by atoms with Gasteiger partial charge in [-0.25, -0.2) is 0 Å². The molecule has 1 rings (SSSR count). The first-order valence-corrected chi connectivity index (χ1v) is 9.13. The minimum atomic E-state index is -1.94. The van der Waals surface area contributed by atoms with Gasteiger partial charge in [-0.2, -0.15) is 0 Å². The summed E-state index contributed by atoms with van der Waals surface area (Å²) in [6.45, 7) is 2.11. The molecule has 0 radical (unpaired) electrons. The van der Waals surface area contributed by atoms with Crippen molar-refractivity contribution in [1.82, 2.24) is 0 Å². The fourth-order valence-electron chi connectivity index (χ4n) is 1.78. The maximum absolute atomic E-state index is 6.19. The van der Waals surface area contributed by atoms with Crippen molar-refractivity contribution in [1.29, 1.82) is 0 Å². The van der Waals surface area contributed by atoms with Crippen LogP contribution in [0.5, 0.6) is 0 Å². The van der Waals surface area contributed by atoms with Crippen LogP contribution in [0, 0.1) is 0 Å². The Labute approximate surface area is 102 Å². The van der Waals surface area contributed by atoms with E-state index in [-0.39, 0.29) is 0 Å². The lowest BCUT2D eigenvalue weighted by molar-refractivity contribution is 0.0499. The molecule has 0 aliphatic carbocycles. The fourth-order valence-corrected chi connectivity index (χ4v) is 4.85. The van der Waals surface area contributed by atoms with Gasteiger partial charge in [-0.15, -0.1) is 22.2 Å². The Bertz CT molecular complexity index is 292. The van der Waals surface area contributed by atoms with Gasteiger partial charge in [-0.3, -0.25) is 0 Å². The molecule has 0 fully saturated rings. The van der Waals surface area contributed by atoms with E-state index < -0.39 is 12.6 Å². The van der Waals surface area contributed by atoms with Crippen LogP contribution in [0.4, 0.5) is 0 Å². The number of rotatable bonds is 5. The molecule has 0 saturated heterocycles. The van der Waals surface area contributed by atoms with Gasteiger partial charge in [-0.05, 0) is 12.0 Å². The van der Waals surface area contributed by atoms with Crippen LogP contribution in [0.1, 0.15) is 25.3 Å². The minimum absolute atomic E-state index is 0.445. The Morgan fingerprint density at radius 1 is 1.27 bits per heavy atom. The smallest absolute Gasteiger partial charge is 0.272 e. The van der Waals surface area contributed by atoms with Crippen molar-refractivity contribution in [3.63, 3.8) is 0 Å². The molecule has 0 bridgehead atoms. The Kier molecular flexibility index (Phi) is 5.13. The number of hydrogen-bond donors (Lipinski definition) is 0. The minimum Gasteiger partial charge on any atom is -0.374 e. The highest BCUT2D eigenvalue weighted by molar-refractivity contribution is 7.34. The quantitative estimate of drug-likeness (QED) is 0.583. The highest BCUT2D eigenvalue weighted by atomic mass is 35.7. The molecule has 0 aliphatic rings. The zero-order valence-electron chi connectivity index (χ0n) is 9.04.